The number of nitrogens with zero attached hydrogens (tertiary/aromatic N) is 3. The molecule has 1 aliphatic carbocycles. The lowest BCUT2D eigenvalue weighted by molar-refractivity contribution is -0.137. The highest BCUT2D eigenvalue weighted by Gasteiger charge is 2.37. The Labute approximate surface area is 171 Å². The number of alkyl halides is 3. The van der Waals surface area contributed by atoms with E-state index in [9.17, 15) is 18.3 Å². The number of aromatic nitrogens is 3. The van der Waals surface area contributed by atoms with Crippen molar-refractivity contribution in [2.24, 2.45) is 0 Å². The molecule has 1 aromatic carbocycles. The van der Waals surface area contributed by atoms with E-state index in [1.165, 1.54) is 0 Å². The molecule has 0 aliphatic heterocycles. The van der Waals surface area contributed by atoms with E-state index in [-0.39, 0.29) is 11.8 Å². The van der Waals surface area contributed by atoms with Crippen LogP contribution in [0.25, 0.3) is 11.3 Å². The third kappa shape index (κ3) is 4.51. The molecule has 1 fully saturated rings. The lowest BCUT2D eigenvalue weighted by atomic mass is 9.89. The maximum atomic E-state index is 13.3. The standard InChI is InChI=1S/C21H20F3N5O/c22-21(23,24)15-12-27-20(29-19(15)28-17-8-9-18(17)30)26-11-13-4-6-14(7-5-13)16-3-1-2-10-25-16/h1-7,10,12,17-18,30H,8-9,11H2,(H2,26,27,28,29)/t17?,18-/m1/s1. The van der Waals surface area contributed by atoms with Gasteiger partial charge in [0.2, 0.25) is 5.95 Å². The summed E-state index contributed by atoms with van der Waals surface area (Å²) in [5.74, 6) is -0.248. The number of nitrogens with one attached hydrogen (secondary N) is 2. The normalized spacial score (nSPS) is 18.5. The SMILES string of the molecule is O[C@@H]1CCC1Nc1nc(NCc2ccc(-c3ccccn3)cc2)ncc1C(F)(F)F. The lowest BCUT2D eigenvalue weighted by Crippen LogP contribution is -2.43. The number of halogens is 3. The first kappa shape index (κ1) is 20.1. The Bertz CT molecular complexity index is 996. The van der Waals surface area contributed by atoms with Crippen LogP contribution >= 0.6 is 0 Å². The lowest BCUT2D eigenvalue weighted by Gasteiger charge is -2.34. The van der Waals surface area contributed by atoms with Crippen molar-refractivity contribution in [3.8, 4) is 11.3 Å². The van der Waals surface area contributed by atoms with Gasteiger partial charge in [0.1, 0.15) is 11.4 Å². The molecule has 2 heterocycles. The zero-order valence-electron chi connectivity index (χ0n) is 15.9. The van der Waals surface area contributed by atoms with Crippen LogP contribution in [0.4, 0.5) is 24.9 Å². The molecule has 2 aromatic heterocycles. The van der Waals surface area contributed by atoms with E-state index < -0.39 is 23.9 Å². The number of hydrogen-bond donors (Lipinski definition) is 3. The summed E-state index contributed by atoms with van der Waals surface area (Å²) in [6, 6.07) is 12.9. The van der Waals surface area contributed by atoms with Gasteiger partial charge < -0.3 is 15.7 Å². The fraction of sp³-hybridized carbons (Fsp3) is 0.286. The van der Waals surface area contributed by atoms with Crippen LogP contribution in [0.3, 0.4) is 0 Å². The molecule has 30 heavy (non-hydrogen) atoms. The fourth-order valence-electron chi connectivity index (χ4n) is 3.12. The monoisotopic (exact) mass is 415 g/mol. The smallest absolute Gasteiger partial charge is 0.391 e. The molecule has 3 N–H and O–H groups in total. The number of hydrogen-bond acceptors (Lipinski definition) is 6. The third-order valence-electron chi connectivity index (χ3n) is 5.02. The predicted octanol–water partition coefficient (Wildman–Crippen LogP) is 4.10. The quantitative estimate of drug-likeness (QED) is 0.562. The summed E-state index contributed by atoms with van der Waals surface area (Å²) in [5, 5.41) is 15.3. The molecule has 6 nitrogen and oxygen atoms in total. The van der Waals surface area contributed by atoms with Gasteiger partial charge in [-0.15, -0.1) is 0 Å². The van der Waals surface area contributed by atoms with Gasteiger partial charge in [0, 0.05) is 24.5 Å². The zero-order valence-corrected chi connectivity index (χ0v) is 15.9. The van der Waals surface area contributed by atoms with Gasteiger partial charge in [-0.3, -0.25) is 4.98 Å². The summed E-state index contributed by atoms with van der Waals surface area (Å²) < 4.78 is 39.8. The summed E-state index contributed by atoms with van der Waals surface area (Å²) in [5.41, 5.74) is 1.79. The van der Waals surface area contributed by atoms with Crippen molar-refractivity contribution in [2.45, 2.75) is 37.7 Å². The van der Waals surface area contributed by atoms with Crippen molar-refractivity contribution in [3.63, 3.8) is 0 Å². The number of rotatable bonds is 6. The summed E-state index contributed by atoms with van der Waals surface area (Å²) in [6.07, 6.45) is -1.63. The second-order valence-electron chi connectivity index (χ2n) is 7.11. The molecule has 0 saturated heterocycles. The van der Waals surface area contributed by atoms with Gasteiger partial charge in [-0.2, -0.15) is 18.2 Å². The average Bonchev–Trinajstić information content (AvgIpc) is 2.75. The zero-order chi connectivity index (χ0) is 21.1. The minimum atomic E-state index is -4.59. The Kier molecular flexibility index (Phi) is 5.54. The van der Waals surface area contributed by atoms with E-state index in [0.717, 1.165) is 23.0 Å². The van der Waals surface area contributed by atoms with E-state index in [1.807, 2.05) is 42.5 Å². The van der Waals surface area contributed by atoms with Gasteiger partial charge in [-0.05, 0) is 30.5 Å². The molecule has 0 amide bonds. The van der Waals surface area contributed by atoms with E-state index in [0.29, 0.717) is 19.4 Å². The molecular formula is C21H20F3N5O. The summed E-state index contributed by atoms with van der Waals surface area (Å²) in [7, 11) is 0. The van der Waals surface area contributed by atoms with Crippen molar-refractivity contribution in [2.75, 3.05) is 10.6 Å². The highest BCUT2D eigenvalue weighted by Crippen LogP contribution is 2.35. The topological polar surface area (TPSA) is 83.0 Å². The van der Waals surface area contributed by atoms with Crippen LogP contribution in [0.15, 0.2) is 54.9 Å². The largest absolute Gasteiger partial charge is 0.421 e. The predicted molar refractivity (Wildman–Crippen MR) is 107 cm³/mol. The molecule has 9 heteroatoms. The Hall–Kier alpha value is -3.20. The Morgan fingerprint density at radius 1 is 1.03 bits per heavy atom. The first-order chi connectivity index (χ1) is 14.4. The first-order valence-corrected chi connectivity index (χ1v) is 9.53. The van der Waals surface area contributed by atoms with Crippen LogP contribution in [0.5, 0.6) is 0 Å². The van der Waals surface area contributed by atoms with Crippen LogP contribution in [0.2, 0.25) is 0 Å². The number of anilines is 2. The molecule has 0 bridgehead atoms. The van der Waals surface area contributed by atoms with Gasteiger partial charge in [0.15, 0.2) is 0 Å². The minimum Gasteiger partial charge on any atom is -0.391 e. The van der Waals surface area contributed by atoms with Gasteiger partial charge in [0.05, 0.1) is 17.8 Å². The van der Waals surface area contributed by atoms with Gasteiger partial charge in [-0.25, -0.2) is 4.98 Å². The minimum absolute atomic E-state index is 0.0770. The van der Waals surface area contributed by atoms with Gasteiger partial charge >= 0.3 is 6.18 Å². The second kappa shape index (κ2) is 8.27. The molecule has 1 aliphatic rings. The van der Waals surface area contributed by atoms with Crippen LogP contribution in [-0.2, 0) is 12.7 Å². The van der Waals surface area contributed by atoms with Crippen molar-refractivity contribution >= 4 is 11.8 Å². The average molecular weight is 415 g/mol. The van der Waals surface area contributed by atoms with Crippen molar-refractivity contribution < 1.29 is 18.3 Å². The number of benzene rings is 1. The second-order valence-corrected chi connectivity index (χ2v) is 7.11. The van der Waals surface area contributed by atoms with Gasteiger partial charge in [-0.1, -0.05) is 30.3 Å². The number of aliphatic hydroxyl groups is 1. The number of aliphatic hydroxyl groups excluding tert-OH is 1. The van der Waals surface area contributed by atoms with Crippen molar-refractivity contribution in [1.29, 1.82) is 0 Å². The van der Waals surface area contributed by atoms with Crippen molar-refractivity contribution in [3.05, 3.63) is 66.0 Å². The summed E-state index contributed by atoms with van der Waals surface area (Å²) in [4.78, 5) is 12.1. The van der Waals surface area contributed by atoms with Crippen LogP contribution < -0.4 is 10.6 Å². The maximum absolute atomic E-state index is 13.3. The maximum Gasteiger partial charge on any atom is 0.421 e. The summed E-state index contributed by atoms with van der Waals surface area (Å²) in [6.45, 7) is 0.347. The van der Waals surface area contributed by atoms with Crippen molar-refractivity contribution in [1.82, 2.24) is 15.0 Å². The molecule has 0 radical (unpaired) electrons. The van der Waals surface area contributed by atoms with Crippen LogP contribution in [0.1, 0.15) is 24.0 Å². The van der Waals surface area contributed by atoms with E-state index in [1.54, 1.807) is 6.20 Å². The molecule has 0 spiro atoms. The fourth-order valence-corrected chi connectivity index (χ4v) is 3.12. The molecule has 2 atom stereocenters. The molecule has 4 rings (SSSR count). The highest BCUT2D eigenvalue weighted by molar-refractivity contribution is 5.59. The van der Waals surface area contributed by atoms with E-state index in [2.05, 4.69) is 25.6 Å². The van der Waals surface area contributed by atoms with E-state index >= 15 is 0 Å². The van der Waals surface area contributed by atoms with Crippen LogP contribution in [0, 0.1) is 0 Å². The Balaban J connectivity index is 1.46. The first-order valence-electron chi connectivity index (χ1n) is 9.53. The molecule has 3 aromatic rings. The third-order valence-corrected chi connectivity index (χ3v) is 5.02. The molecule has 156 valence electrons. The highest BCUT2D eigenvalue weighted by atomic mass is 19.4. The molecular weight excluding hydrogens is 395 g/mol. The van der Waals surface area contributed by atoms with Crippen LogP contribution in [-0.4, -0.2) is 32.2 Å². The number of pyridine rings is 1. The Morgan fingerprint density at radius 2 is 1.83 bits per heavy atom. The summed E-state index contributed by atoms with van der Waals surface area (Å²) >= 11 is 0. The molecule has 1 unspecified atom stereocenters. The molecule has 1 saturated carbocycles. The van der Waals surface area contributed by atoms with E-state index in [4.69, 9.17) is 0 Å². The Morgan fingerprint density at radius 3 is 2.43 bits per heavy atom. The van der Waals surface area contributed by atoms with Gasteiger partial charge in [0.25, 0.3) is 0 Å².